The van der Waals surface area contributed by atoms with E-state index >= 15 is 0 Å². The lowest BCUT2D eigenvalue weighted by Gasteiger charge is -2.09. The van der Waals surface area contributed by atoms with Crippen LogP contribution in [0.4, 0.5) is 13.2 Å². The van der Waals surface area contributed by atoms with Crippen LogP contribution in [-0.2, 0) is 19.3 Å². The molecule has 0 bridgehead atoms. The Morgan fingerprint density at radius 2 is 1.80 bits per heavy atom. The molecule has 0 unspecified atom stereocenters. The van der Waals surface area contributed by atoms with Gasteiger partial charge in [-0.3, -0.25) is 0 Å². The first-order valence-electron chi connectivity index (χ1n) is 6.18. The number of halogens is 3. The highest BCUT2D eigenvalue weighted by Crippen LogP contribution is 2.30. The van der Waals surface area contributed by atoms with Gasteiger partial charge in [-0.25, -0.2) is 0 Å². The van der Waals surface area contributed by atoms with Gasteiger partial charge in [-0.05, 0) is 18.6 Å². The summed E-state index contributed by atoms with van der Waals surface area (Å²) in [7, 11) is 0. The number of aliphatic hydroxyl groups is 1. The number of rotatable bonds is 4. The van der Waals surface area contributed by atoms with Crippen LogP contribution in [0.15, 0.2) is 24.3 Å². The standard InChI is InChI=1S/C13H14F3N3O/c1-2-7-19-11(8-20)17-18-12(19)9-3-5-10(6-4-9)13(14,15)16/h3-6,20H,2,7-8H2,1H3. The van der Waals surface area contributed by atoms with Gasteiger partial charge in [0.05, 0.1) is 5.56 Å². The summed E-state index contributed by atoms with van der Waals surface area (Å²) in [4.78, 5) is 0. The van der Waals surface area contributed by atoms with Crippen molar-refractivity contribution in [3.8, 4) is 11.4 Å². The number of benzene rings is 1. The van der Waals surface area contributed by atoms with Gasteiger partial charge in [-0.1, -0.05) is 19.1 Å². The van der Waals surface area contributed by atoms with E-state index in [2.05, 4.69) is 10.2 Å². The lowest BCUT2D eigenvalue weighted by atomic mass is 10.1. The maximum absolute atomic E-state index is 12.5. The lowest BCUT2D eigenvalue weighted by Crippen LogP contribution is -2.06. The van der Waals surface area contributed by atoms with E-state index in [1.807, 2.05) is 6.92 Å². The normalized spacial score (nSPS) is 11.8. The van der Waals surface area contributed by atoms with Crippen molar-refractivity contribution in [3.05, 3.63) is 35.7 Å². The zero-order valence-electron chi connectivity index (χ0n) is 10.9. The molecule has 0 amide bonds. The van der Waals surface area contributed by atoms with Gasteiger partial charge in [0, 0.05) is 12.1 Å². The molecule has 20 heavy (non-hydrogen) atoms. The minimum absolute atomic E-state index is 0.256. The summed E-state index contributed by atoms with van der Waals surface area (Å²) < 4.78 is 39.3. The molecule has 1 heterocycles. The van der Waals surface area contributed by atoms with Crippen molar-refractivity contribution < 1.29 is 18.3 Å². The van der Waals surface area contributed by atoms with E-state index in [4.69, 9.17) is 0 Å². The molecule has 2 aromatic rings. The molecular weight excluding hydrogens is 271 g/mol. The van der Waals surface area contributed by atoms with E-state index in [0.717, 1.165) is 18.6 Å². The van der Waals surface area contributed by atoms with Gasteiger partial charge in [0.1, 0.15) is 6.61 Å². The number of aromatic nitrogens is 3. The number of hydrogen-bond acceptors (Lipinski definition) is 3. The van der Waals surface area contributed by atoms with Crippen LogP contribution in [0, 0.1) is 0 Å². The van der Waals surface area contributed by atoms with Crippen LogP contribution in [0.3, 0.4) is 0 Å². The number of alkyl halides is 3. The van der Waals surface area contributed by atoms with Gasteiger partial charge in [0.15, 0.2) is 11.6 Å². The Balaban J connectivity index is 2.39. The van der Waals surface area contributed by atoms with Crippen molar-refractivity contribution >= 4 is 0 Å². The van der Waals surface area contributed by atoms with E-state index in [9.17, 15) is 18.3 Å². The van der Waals surface area contributed by atoms with Crippen LogP contribution in [-0.4, -0.2) is 19.9 Å². The maximum Gasteiger partial charge on any atom is 0.416 e. The molecule has 0 aliphatic carbocycles. The van der Waals surface area contributed by atoms with Crippen molar-refractivity contribution in [3.63, 3.8) is 0 Å². The molecule has 1 N–H and O–H groups in total. The Hall–Kier alpha value is -1.89. The van der Waals surface area contributed by atoms with Crippen LogP contribution < -0.4 is 0 Å². The zero-order valence-corrected chi connectivity index (χ0v) is 10.9. The fourth-order valence-corrected chi connectivity index (χ4v) is 1.93. The second-order valence-electron chi connectivity index (χ2n) is 4.32. The Labute approximate surface area is 113 Å². The third kappa shape index (κ3) is 2.82. The quantitative estimate of drug-likeness (QED) is 0.939. The highest BCUT2D eigenvalue weighted by molar-refractivity contribution is 5.56. The highest BCUT2D eigenvalue weighted by atomic mass is 19.4. The number of hydrogen-bond donors (Lipinski definition) is 1. The molecule has 4 nitrogen and oxygen atoms in total. The minimum atomic E-state index is -4.36. The first-order chi connectivity index (χ1) is 9.47. The molecule has 0 saturated carbocycles. The second kappa shape index (κ2) is 5.62. The van der Waals surface area contributed by atoms with E-state index < -0.39 is 11.7 Å². The summed E-state index contributed by atoms with van der Waals surface area (Å²) in [6.45, 7) is 2.30. The molecule has 0 aliphatic heterocycles. The summed E-state index contributed by atoms with van der Waals surface area (Å²) in [5.74, 6) is 0.867. The SMILES string of the molecule is CCCn1c(CO)nnc1-c1ccc(C(F)(F)F)cc1. The smallest absolute Gasteiger partial charge is 0.388 e. The van der Waals surface area contributed by atoms with Crippen LogP contribution in [0.5, 0.6) is 0 Å². The van der Waals surface area contributed by atoms with Gasteiger partial charge in [0.2, 0.25) is 0 Å². The Morgan fingerprint density at radius 3 is 2.30 bits per heavy atom. The lowest BCUT2D eigenvalue weighted by molar-refractivity contribution is -0.137. The summed E-state index contributed by atoms with van der Waals surface area (Å²) in [5, 5.41) is 17.0. The van der Waals surface area contributed by atoms with Crippen molar-refractivity contribution in [2.24, 2.45) is 0 Å². The molecule has 108 valence electrons. The number of aliphatic hydroxyl groups excluding tert-OH is 1. The van der Waals surface area contributed by atoms with E-state index in [0.29, 0.717) is 23.8 Å². The van der Waals surface area contributed by atoms with Crippen LogP contribution >= 0.6 is 0 Å². The van der Waals surface area contributed by atoms with Crippen molar-refractivity contribution in [2.75, 3.05) is 0 Å². The summed E-state index contributed by atoms with van der Waals surface area (Å²) in [5.41, 5.74) is -0.163. The minimum Gasteiger partial charge on any atom is -0.388 e. The summed E-state index contributed by atoms with van der Waals surface area (Å²) in [6.07, 6.45) is -3.55. The molecular formula is C13H14F3N3O. The summed E-state index contributed by atoms with van der Waals surface area (Å²) >= 11 is 0. The third-order valence-electron chi connectivity index (χ3n) is 2.89. The van der Waals surface area contributed by atoms with Crippen molar-refractivity contribution in [1.82, 2.24) is 14.8 Å². The average Bonchev–Trinajstić information content (AvgIpc) is 2.81. The van der Waals surface area contributed by atoms with E-state index in [1.54, 1.807) is 4.57 Å². The number of nitrogens with zero attached hydrogens (tertiary/aromatic N) is 3. The Kier molecular flexibility index (Phi) is 4.08. The van der Waals surface area contributed by atoms with Crippen LogP contribution in [0.2, 0.25) is 0 Å². The van der Waals surface area contributed by atoms with Crippen molar-refractivity contribution in [2.45, 2.75) is 32.7 Å². The maximum atomic E-state index is 12.5. The molecule has 7 heteroatoms. The van der Waals surface area contributed by atoms with Gasteiger partial charge < -0.3 is 9.67 Å². The molecule has 2 rings (SSSR count). The fourth-order valence-electron chi connectivity index (χ4n) is 1.93. The predicted octanol–water partition coefficient (Wildman–Crippen LogP) is 2.87. The predicted molar refractivity (Wildman–Crippen MR) is 66.7 cm³/mol. The first kappa shape index (κ1) is 14.5. The van der Waals surface area contributed by atoms with Gasteiger partial charge in [-0.15, -0.1) is 10.2 Å². The first-order valence-corrected chi connectivity index (χ1v) is 6.18. The molecule has 0 atom stereocenters. The molecule has 1 aromatic heterocycles. The van der Waals surface area contributed by atoms with E-state index in [-0.39, 0.29) is 6.61 Å². The monoisotopic (exact) mass is 285 g/mol. The topological polar surface area (TPSA) is 50.9 Å². The molecule has 0 spiro atoms. The molecule has 0 fully saturated rings. The zero-order chi connectivity index (χ0) is 14.8. The molecule has 1 aromatic carbocycles. The summed E-state index contributed by atoms with van der Waals surface area (Å²) in [6, 6.07) is 4.75. The van der Waals surface area contributed by atoms with Gasteiger partial charge in [0.25, 0.3) is 0 Å². The fraction of sp³-hybridized carbons (Fsp3) is 0.385. The molecule has 0 aliphatic rings. The van der Waals surface area contributed by atoms with Gasteiger partial charge >= 0.3 is 6.18 Å². The highest BCUT2D eigenvalue weighted by Gasteiger charge is 2.30. The Morgan fingerprint density at radius 1 is 1.15 bits per heavy atom. The van der Waals surface area contributed by atoms with Crippen LogP contribution in [0.25, 0.3) is 11.4 Å². The van der Waals surface area contributed by atoms with Crippen molar-refractivity contribution in [1.29, 1.82) is 0 Å². The van der Waals surface area contributed by atoms with Gasteiger partial charge in [-0.2, -0.15) is 13.2 Å². The second-order valence-corrected chi connectivity index (χ2v) is 4.32. The molecule has 0 saturated heterocycles. The van der Waals surface area contributed by atoms with Crippen LogP contribution in [0.1, 0.15) is 24.7 Å². The third-order valence-corrected chi connectivity index (χ3v) is 2.89. The van der Waals surface area contributed by atoms with E-state index in [1.165, 1.54) is 12.1 Å². The molecule has 0 radical (unpaired) electrons. The Bertz CT molecular complexity index is 576. The largest absolute Gasteiger partial charge is 0.416 e. The average molecular weight is 285 g/mol.